The van der Waals surface area contributed by atoms with Gasteiger partial charge in [-0.3, -0.25) is 9.59 Å². The lowest BCUT2D eigenvalue weighted by atomic mass is 10.2. The molecular formula is C10H11NO3S. The van der Waals surface area contributed by atoms with Crippen LogP contribution in [0.2, 0.25) is 0 Å². The third kappa shape index (κ3) is 3.73. The van der Waals surface area contributed by atoms with Crippen molar-refractivity contribution in [1.29, 1.82) is 0 Å². The van der Waals surface area contributed by atoms with E-state index >= 15 is 0 Å². The largest absolute Gasteiger partial charge is 0.480 e. The number of carboxylic acid groups (broad SMARTS) is 1. The summed E-state index contributed by atoms with van der Waals surface area (Å²) in [5, 5.41) is 8.36. The summed E-state index contributed by atoms with van der Waals surface area (Å²) in [5.74, 6) is -1.01. The van der Waals surface area contributed by atoms with Crippen LogP contribution in [0.25, 0.3) is 0 Å². The Labute approximate surface area is 91.5 Å². The van der Waals surface area contributed by atoms with Crippen LogP contribution in [0.4, 0.5) is 0 Å². The maximum absolute atomic E-state index is 11.5. The molecule has 0 saturated carbocycles. The van der Waals surface area contributed by atoms with E-state index in [-0.39, 0.29) is 10.9 Å². The molecule has 0 aliphatic rings. The molecule has 1 aromatic carbocycles. The average Bonchev–Trinajstić information content (AvgIpc) is 2.26. The number of carboxylic acids is 1. The Morgan fingerprint density at radius 2 is 1.93 bits per heavy atom. The van der Waals surface area contributed by atoms with Crippen LogP contribution in [0, 0.1) is 0 Å². The molecule has 5 heteroatoms. The van der Waals surface area contributed by atoms with Crippen LogP contribution in [-0.4, -0.2) is 28.0 Å². The second-order valence-electron chi connectivity index (χ2n) is 2.91. The zero-order chi connectivity index (χ0) is 11.3. The van der Waals surface area contributed by atoms with Gasteiger partial charge in [-0.05, 0) is 0 Å². The van der Waals surface area contributed by atoms with Crippen LogP contribution in [0.1, 0.15) is 10.4 Å². The topological polar surface area (TPSA) is 80.4 Å². The fraction of sp³-hybridized carbons (Fsp3) is 0.200. The number of hydrogen-bond acceptors (Lipinski definition) is 4. The molecule has 15 heavy (non-hydrogen) atoms. The van der Waals surface area contributed by atoms with E-state index in [1.165, 1.54) is 0 Å². The van der Waals surface area contributed by atoms with E-state index in [2.05, 4.69) is 0 Å². The molecule has 1 aromatic rings. The van der Waals surface area contributed by atoms with Gasteiger partial charge >= 0.3 is 5.97 Å². The van der Waals surface area contributed by atoms with Crippen molar-refractivity contribution in [2.45, 2.75) is 6.04 Å². The van der Waals surface area contributed by atoms with Crippen LogP contribution < -0.4 is 5.73 Å². The van der Waals surface area contributed by atoms with Crippen molar-refractivity contribution in [2.24, 2.45) is 5.73 Å². The Kier molecular flexibility index (Phi) is 4.33. The van der Waals surface area contributed by atoms with Crippen LogP contribution in [-0.2, 0) is 4.79 Å². The predicted molar refractivity (Wildman–Crippen MR) is 58.8 cm³/mol. The van der Waals surface area contributed by atoms with Gasteiger partial charge in [0.15, 0.2) is 0 Å². The summed E-state index contributed by atoms with van der Waals surface area (Å²) in [6, 6.07) is 7.69. The number of nitrogens with two attached hydrogens (primary N) is 1. The Hall–Kier alpha value is -1.33. The molecule has 0 aromatic heterocycles. The van der Waals surface area contributed by atoms with Gasteiger partial charge in [-0.25, -0.2) is 0 Å². The first kappa shape index (κ1) is 11.7. The summed E-state index contributed by atoms with van der Waals surface area (Å²) >= 11 is 0.921. The molecule has 0 saturated heterocycles. The highest BCUT2D eigenvalue weighted by molar-refractivity contribution is 8.14. The van der Waals surface area contributed by atoms with Crippen LogP contribution in [0.3, 0.4) is 0 Å². The second-order valence-corrected chi connectivity index (χ2v) is 3.90. The first-order valence-electron chi connectivity index (χ1n) is 4.32. The minimum absolute atomic E-state index is 0.0864. The average molecular weight is 225 g/mol. The Bertz CT molecular complexity index is 353. The van der Waals surface area contributed by atoms with Gasteiger partial charge in [0.1, 0.15) is 6.04 Å². The van der Waals surface area contributed by atoms with Crippen LogP contribution in [0.5, 0.6) is 0 Å². The standard InChI is InChI=1S/C10H11NO3S/c11-8(9(12)13)6-15-10(14)7-4-2-1-3-5-7/h1-5,8H,6,11H2,(H,12,13). The molecule has 0 amide bonds. The van der Waals surface area contributed by atoms with E-state index in [1.807, 2.05) is 6.07 Å². The molecule has 80 valence electrons. The van der Waals surface area contributed by atoms with Gasteiger partial charge in [0.2, 0.25) is 5.12 Å². The molecule has 1 unspecified atom stereocenters. The number of thioether (sulfide) groups is 1. The molecule has 0 aliphatic heterocycles. The smallest absolute Gasteiger partial charge is 0.321 e. The molecule has 0 radical (unpaired) electrons. The van der Waals surface area contributed by atoms with Gasteiger partial charge in [0.25, 0.3) is 0 Å². The molecule has 0 fully saturated rings. The Morgan fingerprint density at radius 3 is 2.47 bits per heavy atom. The lowest BCUT2D eigenvalue weighted by molar-refractivity contribution is -0.137. The van der Waals surface area contributed by atoms with Crippen molar-refractivity contribution < 1.29 is 14.7 Å². The SMILES string of the molecule is NC(CSC(=O)c1ccccc1)C(=O)O. The monoisotopic (exact) mass is 225 g/mol. The van der Waals surface area contributed by atoms with E-state index < -0.39 is 12.0 Å². The lowest BCUT2D eigenvalue weighted by Crippen LogP contribution is -2.32. The molecule has 0 heterocycles. The Balaban J connectivity index is 2.47. The summed E-state index contributed by atoms with van der Waals surface area (Å²) < 4.78 is 0. The first-order chi connectivity index (χ1) is 7.11. The fourth-order valence-electron chi connectivity index (χ4n) is 0.894. The van der Waals surface area contributed by atoms with Crippen molar-refractivity contribution in [3.8, 4) is 0 Å². The van der Waals surface area contributed by atoms with Crippen molar-refractivity contribution in [3.05, 3.63) is 35.9 Å². The molecule has 3 N–H and O–H groups in total. The number of rotatable bonds is 4. The summed E-state index contributed by atoms with van der Waals surface area (Å²) in [6.07, 6.45) is 0. The van der Waals surface area contributed by atoms with Crippen molar-refractivity contribution >= 4 is 22.8 Å². The minimum Gasteiger partial charge on any atom is -0.480 e. The van der Waals surface area contributed by atoms with E-state index in [9.17, 15) is 9.59 Å². The number of hydrogen-bond donors (Lipinski definition) is 2. The predicted octanol–water partition coefficient (Wildman–Crippen LogP) is 0.972. The molecule has 1 rings (SSSR count). The van der Waals surface area contributed by atoms with Gasteiger partial charge in [-0.15, -0.1) is 0 Å². The number of carbonyl (C=O) groups excluding carboxylic acids is 1. The van der Waals surface area contributed by atoms with E-state index in [0.717, 1.165) is 11.8 Å². The normalized spacial score (nSPS) is 12.1. The summed E-state index contributed by atoms with van der Waals surface area (Å²) in [4.78, 5) is 21.9. The van der Waals surface area contributed by atoms with Crippen LogP contribution in [0.15, 0.2) is 30.3 Å². The zero-order valence-electron chi connectivity index (χ0n) is 7.92. The number of carbonyl (C=O) groups is 2. The van der Waals surface area contributed by atoms with Gasteiger partial charge in [-0.2, -0.15) is 0 Å². The minimum atomic E-state index is -1.09. The molecular weight excluding hydrogens is 214 g/mol. The highest BCUT2D eigenvalue weighted by Crippen LogP contribution is 2.12. The molecule has 0 aliphatic carbocycles. The molecule has 0 bridgehead atoms. The summed E-state index contributed by atoms with van der Waals surface area (Å²) in [5.41, 5.74) is 5.83. The van der Waals surface area contributed by atoms with E-state index in [0.29, 0.717) is 5.56 Å². The van der Waals surface area contributed by atoms with Crippen LogP contribution >= 0.6 is 11.8 Å². The van der Waals surface area contributed by atoms with E-state index in [4.69, 9.17) is 10.8 Å². The molecule has 1 atom stereocenters. The lowest BCUT2D eigenvalue weighted by Gasteiger charge is -2.04. The first-order valence-corrected chi connectivity index (χ1v) is 5.30. The Morgan fingerprint density at radius 1 is 1.33 bits per heavy atom. The third-order valence-electron chi connectivity index (χ3n) is 1.72. The summed E-state index contributed by atoms with van der Waals surface area (Å²) in [7, 11) is 0. The highest BCUT2D eigenvalue weighted by atomic mass is 32.2. The maximum atomic E-state index is 11.5. The number of benzene rings is 1. The molecule has 4 nitrogen and oxygen atoms in total. The fourth-order valence-corrected chi connectivity index (χ4v) is 1.67. The van der Waals surface area contributed by atoms with Gasteiger partial charge < -0.3 is 10.8 Å². The zero-order valence-corrected chi connectivity index (χ0v) is 8.74. The summed E-state index contributed by atoms with van der Waals surface area (Å²) in [6.45, 7) is 0. The molecule has 0 spiro atoms. The van der Waals surface area contributed by atoms with Gasteiger partial charge in [0, 0.05) is 11.3 Å². The number of aliphatic carboxylic acids is 1. The van der Waals surface area contributed by atoms with Crippen molar-refractivity contribution in [1.82, 2.24) is 0 Å². The second kappa shape index (κ2) is 5.53. The highest BCUT2D eigenvalue weighted by Gasteiger charge is 2.14. The third-order valence-corrected chi connectivity index (χ3v) is 2.74. The van der Waals surface area contributed by atoms with E-state index in [1.54, 1.807) is 24.3 Å². The maximum Gasteiger partial charge on any atom is 0.321 e. The van der Waals surface area contributed by atoms with Crippen molar-refractivity contribution in [2.75, 3.05) is 5.75 Å². The van der Waals surface area contributed by atoms with Gasteiger partial charge in [-0.1, -0.05) is 42.1 Å². The quantitative estimate of drug-likeness (QED) is 0.798. The van der Waals surface area contributed by atoms with Crippen molar-refractivity contribution in [3.63, 3.8) is 0 Å². The van der Waals surface area contributed by atoms with Gasteiger partial charge in [0.05, 0.1) is 0 Å².